The van der Waals surface area contributed by atoms with Crippen LogP contribution in [-0.2, 0) is 16.6 Å². The summed E-state index contributed by atoms with van der Waals surface area (Å²) in [5.74, 6) is 0.429. The fraction of sp³-hybridized carbons (Fsp3) is 0.500. The van der Waals surface area contributed by atoms with Crippen LogP contribution in [0.15, 0.2) is 23.4 Å². The molecule has 0 saturated heterocycles. The Hall–Kier alpha value is -0.980. The molecule has 1 aliphatic carbocycles. The lowest BCUT2D eigenvalue weighted by Gasteiger charge is -2.05. The first-order valence-electron chi connectivity index (χ1n) is 5.20. The topological polar surface area (TPSA) is 85.1 Å². The zero-order chi connectivity index (χ0) is 11.8. The summed E-state index contributed by atoms with van der Waals surface area (Å²) in [4.78, 5) is 3.90. The van der Waals surface area contributed by atoms with Crippen LogP contribution in [0.1, 0.15) is 18.9 Å². The van der Waals surface area contributed by atoms with Crippen LogP contribution < -0.4 is 10.5 Å². The van der Waals surface area contributed by atoms with Crippen LogP contribution in [0.3, 0.4) is 0 Å². The summed E-state index contributed by atoms with van der Waals surface area (Å²) in [6, 6.07) is 3.23. The maximum absolute atomic E-state index is 11.8. The lowest BCUT2D eigenvalue weighted by Crippen LogP contribution is -2.27. The Labute approximate surface area is 95.1 Å². The van der Waals surface area contributed by atoms with Gasteiger partial charge >= 0.3 is 0 Å². The van der Waals surface area contributed by atoms with Crippen LogP contribution in [0, 0.1) is 5.92 Å². The third kappa shape index (κ3) is 2.40. The summed E-state index contributed by atoms with van der Waals surface area (Å²) < 4.78 is 26.3. The summed E-state index contributed by atoms with van der Waals surface area (Å²) in [5.41, 5.74) is 6.23. The predicted octanol–water partition coefficient (Wildman–Crippen LogP) is 0.227. The fourth-order valence-corrected chi connectivity index (χ4v) is 2.72. The monoisotopic (exact) mass is 241 g/mol. The van der Waals surface area contributed by atoms with E-state index in [1.165, 1.54) is 12.3 Å². The number of sulfonamides is 1. The Morgan fingerprint density at radius 1 is 1.56 bits per heavy atom. The maximum Gasteiger partial charge on any atom is 0.258 e. The second-order valence-corrected chi connectivity index (χ2v) is 5.81. The molecule has 1 aromatic rings. The van der Waals surface area contributed by atoms with Gasteiger partial charge in [-0.1, -0.05) is 13.0 Å². The normalized spacial score (nSPS) is 24.4. The summed E-state index contributed by atoms with van der Waals surface area (Å²) in [5, 5.41) is 0.0591. The Bertz CT molecular complexity index is 469. The van der Waals surface area contributed by atoms with Gasteiger partial charge in [-0.05, 0) is 24.0 Å². The highest BCUT2D eigenvalue weighted by Crippen LogP contribution is 2.30. The third-order valence-corrected chi connectivity index (χ3v) is 4.13. The van der Waals surface area contributed by atoms with E-state index in [1.807, 2.05) is 6.92 Å². The highest BCUT2D eigenvalue weighted by atomic mass is 32.2. The first-order chi connectivity index (χ1) is 7.53. The van der Waals surface area contributed by atoms with Crippen LogP contribution in [0.4, 0.5) is 0 Å². The van der Waals surface area contributed by atoms with Gasteiger partial charge in [-0.15, -0.1) is 0 Å². The molecule has 0 aliphatic heterocycles. The summed E-state index contributed by atoms with van der Waals surface area (Å²) in [6.45, 7) is 2.37. The van der Waals surface area contributed by atoms with Gasteiger partial charge in [-0.2, -0.15) is 0 Å². The van der Waals surface area contributed by atoms with Crippen molar-refractivity contribution in [3.05, 3.63) is 23.9 Å². The van der Waals surface area contributed by atoms with Crippen molar-refractivity contribution >= 4 is 10.0 Å². The molecule has 3 N–H and O–H groups in total. The molecule has 0 radical (unpaired) electrons. The molecule has 1 fully saturated rings. The second kappa shape index (κ2) is 4.12. The zero-order valence-electron chi connectivity index (χ0n) is 9.05. The highest BCUT2D eigenvalue weighted by Gasteiger charge is 2.36. The molecule has 1 saturated carbocycles. The summed E-state index contributed by atoms with van der Waals surface area (Å²) in [7, 11) is -3.46. The first kappa shape index (κ1) is 11.5. The predicted molar refractivity (Wildman–Crippen MR) is 60.0 cm³/mol. The number of hydrogen-bond acceptors (Lipinski definition) is 4. The molecule has 0 spiro atoms. The van der Waals surface area contributed by atoms with Gasteiger partial charge in [0.25, 0.3) is 10.0 Å². The average molecular weight is 241 g/mol. The van der Waals surface area contributed by atoms with Gasteiger partial charge in [0.15, 0.2) is 5.03 Å². The smallest absolute Gasteiger partial charge is 0.258 e. The van der Waals surface area contributed by atoms with E-state index < -0.39 is 10.0 Å². The molecule has 88 valence electrons. The molecule has 0 bridgehead atoms. The van der Waals surface area contributed by atoms with E-state index >= 15 is 0 Å². The van der Waals surface area contributed by atoms with Crippen molar-refractivity contribution in [1.82, 2.24) is 9.71 Å². The van der Waals surface area contributed by atoms with E-state index in [2.05, 4.69) is 9.71 Å². The number of rotatable bonds is 4. The molecule has 1 aromatic heterocycles. The Morgan fingerprint density at radius 2 is 2.25 bits per heavy atom. The molecule has 0 amide bonds. The van der Waals surface area contributed by atoms with Crippen molar-refractivity contribution in [2.24, 2.45) is 11.7 Å². The van der Waals surface area contributed by atoms with Gasteiger partial charge < -0.3 is 5.73 Å². The SMILES string of the molecule is CC1CC1NS(=O)(=O)c1ccc(CN)cn1. The van der Waals surface area contributed by atoms with Crippen molar-refractivity contribution in [3.63, 3.8) is 0 Å². The second-order valence-electron chi connectivity index (χ2n) is 4.15. The van der Waals surface area contributed by atoms with Crippen LogP contribution in [0.2, 0.25) is 0 Å². The quantitative estimate of drug-likeness (QED) is 0.790. The van der Waals surface area contributed by atoms with Gasteiger partial charge in [0.1, 0.15) is 0 Å². The van der Waals surface area contributed by atoms with Gasteiger partial charge in [0.2, 0.25) is 0 Å². The molecular formula is C10H15N3O2S. The standard InChI is InChI=1S/C10H15N3O2S/c1-7-4-9(7)13-16(14,15)10-3-2-8(5-11)6-12-10/h2-3,6-7,9,13H,4-5,11H2,1H3. The number of nitrogens with zero attached hydrogens (tertiary/aromatic N) is 1. The summed E-state index contributed by atoms with van der Waals surface area (Å²) >= 11 is 0. The highest BCUT2D eigenvalue weighted by molar-refractivity contribution is 7.89. The first-order valence-corrected chi connectivity index (χ1v) is 6.68. The van der Waals surface area contributed by atoms with Gasteiger partial charge in [-0.25, -0.2) is 18.1 Å². The minimum atomic E-state index is -3.46. The molecule has 16 heavy (non-hydrogen) atoms. The van der Waals surface area contributed by atoms with E-state index in [-0.39, 0.29) is 11.1 Å². The largest absolute Gasteiger partial charge is 0.326 e. The molecule has 1 heterocycles. The van der Waals surface area contributed by atoms with E-state index in [1.54, 1.807) is 6.07 Å². The van der Waals surface area contributed by atoms with Gasteiger partial charge in [-0.3, -0.25) is 0 Å². The van der Waals surface area contributed by atoms with Crippen LogP contribution >= 0.6 is 0 Å². The van der Waals surface area contributed by atoms with E-state index in [0.717, 1.165) is 12.0 Å². The van der Waals surface area contributed by atoms with Gasteiger partial charge in [0, 0.05) is 18.8 Å². The van der Waals surface area contributed by atoms with Crippen molar-refractivity contribution in [2.75, 3.05) is 0 Å². The zero-order valence-corrected chi connectivity index (χ0v) is 9.87. The van der Waals surface area contributed by atoms with Crippen molar-refractivity contribution in [2.45, 2.75) is 31.0 Å². The molecule has 6 heteroatoms. The third-order valence-electron chi connectivity index (χ3n) is 2.72. The molecule has 0 aromatic carbocycles. The Morgan fingerprint density at radius 3 is 2.69 bits per heavy atom. The fourth-order valence-electron chi connectivity index (χ4n) is 1.44. The number of nitrogens with two attached hydrogens (primary N) is 1. The molecule has 5 nitrogen and oxygen atoms in total. The molecule has 2 unspecified atom stereocenters. The Balaban J connectivity index is 2.15. The van der Waals surface area contributed by atoms with Crippen LogP contribution in [-0.4, -0.2) is 19.4 Å². The number of hydrogen-bond donors (Lipinski definition) is 2. The molecule has 1 aliphatic rings. The van der Waals surface area contributed by atoms with Crippen LogP contribution in [0.25, 0.3) is 0 Å². The average Bonchev–Trinajstić information content (AvgIpc) is 2.93. The minimum absolute atomic E-state index is 0.0591. The molecule has 2 atom stereocenters. The maximum atomic E-state index is 11.8. The van der Waals surface area contributed by atoms with E-state index in [4.69, 9.17) is 5.73 Å². The van der Waals surface area contributed by atoms with Crippen LogP contribution in [0.5, 0.6) is 0 Å². The van der Waals surface area contributed by atoms with E-state index in [0.29, 0.717) is 12.5 Å². The number of pyridine rings is 1. The number of aromatic nitrogens is 1. The lowest BCUT2D eigenvalue weighted by atomic mass is 10.3. The Kier molecular flexibility index (Phi) is 2.96. The molecular weight excluding hydrogens is 226 g/mol. The van der Waals surface area contributed by atoms with Gasteiger partial charge in [0.05, 0.1) is 0 Å². The molecule has 2 rings (SSSR count). The lowest BCUT2D eigenvalue weighted by molar-refractivity contribution is 0.574. The minimum Gasteiger partial charge on any atom is -0.326 e. The van der Waals surface area contributed by atoms with Crippen molar-refractivity contribution in [1.29, 1.82) is 0 Å². The summed E-state index contributed by atoms with van der Waals surface area (Å²) in [6.07, 6.45) is 2.39. The number of nitrogens with one attached hydrogen (secondary N) is 1. The van der Waals surface area contributed by atoms with E-state index in [9.17, 15) is 8.42 Å². The van der Waals surface area contributed by atoms with Crippen molar-refractivity contribution < 1.29 is 8.42 Å². The van der Waals surface area contributed by atoms with Crippen molar-refractivity contribution in [3.8, 4) is 0 Å².